The Kier molecular flexibility index (Phi) is 7.76. The predicted molar refractivity (Wildman–Crippen MR) is 161 cm³/mol. The van der Waals surface area contributed by atoms with Gasteiger partial charge in [-0.05, 0) is 95.1 Å². The van der Waals surface area contributed by atoms with Crippen LogP contribution in [0, 0.1) is 0 Å². The average molecular weight is 528 g/mol. The van der Waals surface area contributed by atoms with Gasteiger partial charge in [0.25, 0.3) is 0 Å². The first-order valence-corrected chi connectivity index (χ1v) is 12.8. The van der Waals surface area contributed by atoms with Gasteiger partial charge in [0.1, 0.15) is 11.5 Å². The molecular weight excluding hydrogens is 498 g/mol. The highest BCUT2D eigenvalue weighted by Gasteiger charge is 2.15. The summed E-state index contributed by atoms with van der Waals surface area (Å²) >= 11 is 0. The van der Waals surface area contributed by atoms with E-state index in [1.54, 1.807) is 19.1 Å². The quantitative estimate of drug-likeness (QED) is 0.0686. The highest BCUT2D eigenvalue weighted by molar-refractivity contribution is 5.89. The topological polar surface area (TPSA) is 59.0 Å². The molecule has 198 valence electrons. The number of hydrogen-bond donors (Lipinski definition) is 1. The predicted octanol–water partition coefficient (Wildman–Crippen LogP) is 8.34. The van der Waals surface area contributed by atoms with E-state index in [2.05, 4.69) is 72.7 Å². The van der Waals surface area contributed by atoms with Crippen molar-refractivity contribution in [2.45, 2.75) is 13.2 Å². The number of esters is 1. The molecule has 0 fully saturated rings. The van der Waals surface area contributed by atoms with Gasteiger partial charge in [0.2, 0.25) is 6.29 Å². The summed E-state index contributed by atoms with van der Waals surface area (Å²) in [7, 11) is 0. The van der Waals surface area contributed by atoms with Gasteiger partial charge in [-0.2, -0.15) is 0 Å². The minimum absolute atomic E-state index is 0.468. The van der Waals surface area contributed by atoms with Crippen molar-refractivity contribution in [1.29, 1.82) is 0 Å². The zero-order chi connectivity index (χ0) is 28.1. The first-order valence-electron chi connectivity index (χ1n) is 12.8. The fourth-order valence-corrected chi connectivity index (χ4v) is 4.34. The number of fused-ring (bicyclic) bond motifs is 1. The largest absolute Gasteiger partial charge is 0.461 e. The van der Waals surface area contributed by atoms with Crippen LogP contribution in [-0.4, -0.2) is 17.4 Å². The van der Waals surface area contributed by atoms with Crippen LogP contribution in [0.25, 0.3) is 21.9 Å². The number of benzene rings is 5. The third-order valence-corrected chi connectivity index (χ3v) is 6.45. The van der Waals surface area contributed by atoms with E-state index < -0.39 is 12.3 Å². The molecule has 0 radical (unpaired) electrons. The fourth-order valence-electron chi connectivity index (χ4n) is 4.34. The number of rotatable bonds is 9. The molecule has 0 amide bonds. The second-order valence-corrected chi connectivity index (χ2v) is 9.37. The number of carbonyl (C=O) groups excluding carboxylic acids is 1. The van der Waals surface area contributed by atoms with Crippen molar-refractivity contribution >= 4 is 33.8 Å². The maximum atomic E-state index is 11.5. The smallest absolute Gasteiger partial charge is 0.335 e. The summed E-state index contributed by atoms with van der Waals surface area (Å²) < 4.78 is 10.8. The first kappa shape index (κ1) is 26.5. The van der Waals surface area contributed by atoms with E-state index in [1.807, 2.05) is 48.5 Å². The molecule has 0 saturated carbocycles. The van der Waals surface area contributed by atoms with Crippen LogP contribution < -0.4 is 14.4 Å². The summed E-state index contributed by atoms with van der Waals surface area (Å²) in [4.78, 5) is 13.6. The Morgan fingerprint density at radius 2 is 1.27 bits per heavy atom. The van der Waals surface area contributed by atoms with E-state index in [0.717, 1.165) is 39.7 Å². The number of ether oxygens (including phenoxy) is 2. The molecule has 0 heterocycles. The van der Waals surface area contributed by atoms with Gasteiger partial charge in [0.05, 0.1) is 0 Å². The number of hydrogen-bond acceptors (Lipinski definition) is 5. The lowest BCUT2D eigenvalue weighted by molar-refractivity contribution is -0.128. The van der Waals surface area contributed by atoms with Gasteiger partial charge in [-0.15, -0.1) is 0 Å². The molecule has 0 spiro atoms. The lowest BCUT2D eigenvalue weighted by Gasteiger charge is -2.26. The second kappa shape index (κ2) is 11.7. The third-order valence-electron chi connectivity index (χ3n) is 6.45. The van der Waals surface area contributed by atoms with Crippen LogP contribution in [0.15, 0.2) is 140 Å². The van der Waals surface area contributed by atoms with E-state index in [9.17, 15) is 9.90 Å². The molecule has 40 heavy (non-hydrogen) atoms. The molecule has 1 unspecified atom stereocenters. The van der Waals surface area contributed by atoms with Crippen LogP contribution in [0.3, 0.4) is 0 Å². The van der Waals surface area contributed by atoms with Gasteiger partial charge >= 0.3 is 5.97 Å². The molecule has 5 heteroatoms. The number of anilines is 3. The van der Waals surface area contributed by atoms with Gasteiger partial charge in [-0.3, -0.25) is 0 Å². The Bertz CT molecular complexity index is 1660. The molecule has 0 saturated heterocycles. The Hall–Kier alpha value is -5.13. The van der Waals surface area contributed by atoms with E-state index in [-0.39, 0.29) is 0 Å². The first-order chi connectivity index (χ1) is 19.4. The van der Waals surface area contributed by atoms with Gasteiger partial charge in [-0.1, -0.05) is 67.8 Å². The molecule has 0 aliphatic carbocycles. The summed E-state index contributed by atoms with van der Waals surface area (Å²) in [5.41, 5.74) is 5.49. The highest BCUT2D eigenvalue weighted by Crippen LogP contribution is 2.38. The molecule has 5 rings (SSSR count). The molecule has 1 atom stereocenters. The van der Waals surface area contributed by atoms with Gasteiger partial charge in [0.15, 0.2) is 0 Å². The lowest BCUT2D eigenvalue weighted by atomic mass is 10.0. The Labute approximate surface area is 233 Å². The molecule has 0 bridgehead atoms. The number of nitrogens with zero attached hydrogens (tertiary/aromatic N) is 1. The zero-order valence-corrected chi connectivity index (χ0v) is 22.2. The van der Waals surface area contributed by atoms with E-state index in [4.69, 9.17) is 9.47 Å². The average Bonchev–Trinajstić information content (AvgIpc) is 2.99. The van der Waals surface area contributed by atoms with Crippen LogP contribution in [0.4, 0.5) is 17.1 Å². The second-order valence-electron chi connectivity index (χ2n) is 9.37. The van der Waals surface area contributed by atoms with Gasteiger partial charge in [0, 0.05) is 23.1 Å². The number of aliphatic hydroxyl groups is 1. The molecule has 0 aliphatic heterocycles. The molecule has 5 aromatic carbocycles. The van der Waals surface area contributed by atoms with Crippen molar-refractivity contribution in [1.82, 2.24) is 0 Å². The minimum Gasteiger partial charge on any atom is -0.461 e. The zero-order valence-electron chi connectivity index (χ0n) is 22.2. The van der Waals surface area contributed by atoms with Gasteiger partial charge in [-0.25, -0.2) is 4.79 Å². The van der Waals surface area contributed by atoms with Crippen molar-refractivity contribution in [3.63, 3.8) is 0 Å². The third kappa shape index (κ3) is 5.96. The normalized spacial score (nSPS) is 11.4. The van der Waals surface area contributed by atoms with Crippen molar-refractivity contribution in [3.05, 3.63) is 140 Å². The summed E-state index contributed by atoms with van der Waals surface area (Å²) in [6, 6.07) is 37.9. The summed E-state index contributed by atoms with van der Waals surface area (Å²) in [6.45, 7) is 8.89. The van der Waals surface area contributed by atoms with Crippen molar-refractivity contribution in [2.24, 2.45) is 0 Å². The van der Waals surface area contributed by atoms with Crippen LogP contribution in [-0.2, 0) is 4.79 Å². The van der Waals surface area contributed by atoms with Crippen molar-refractivity contribution in [3.8, 4) is 22.6 Å². The monoisotopic (exact) mass is 527 g/mol. The maximum absolute atomic E-state index is 11.5. The Morgan fingerprint density at radius 3 is 1.88 bits per heavy atom. The van der Waals surface area contributed by atoms with Crippen LogP contribution in [0.5, 0.6) is 11.5 Å². The van der Waals surface area contributed by atoms with Crippen LogP contribution in [0.1, 0.15) is 6.92 Å². The highest BCUT2D eigenvalue weighted by atomic mass is 16.6. The molecule has 1 N–H and O–H groups in total. The Balaban J connectivity index is 1.48. The maximum Gasteiger partial charge on any atom is 0.335 e. The summed E-state index contributed by atoms with van der Waals surface area (Å²) in [5, 5.41) is 12.4. The Morgan fingerprint density at radius 1 is 0.750 bits per heavy atom. The van der Waals surface area contributed by atoms with Crippen molar-refractivity contribution < 1.29 is 19.4 Å². The molecule has 0 aromatic heterocycles. The summed E-state index contributed by atoms with van der Waals surface area (Å²) in [5.74, 6) is 0.531. The summed E-state index contributed by atoms with van der Waals surface area (Å²) in [6.07, 6.45) is 0.0816. The van der Waals surface area contributed by atoms with E-state index in [1.165, 1.54) is 5.39 Å². The van der Waals surface area contributed by atoms with E-state index in [0.29, 0.717) is 17.1 Å². The van der Waals surface area contributed by atoms with Crippen LogP contribution in [0.2, 0.25) is 0 Å². The molecule has 5 nitrogen and oxygen atoms in total. The molecule has 0 aliphatic rings. The minimum atomic E-state index is -1.06. The lowest BCUT2D eigenvalue weighted by Crippen LogP contribution is -2.16. The molecule has 5 aromatic rings. The fraction of sp³-hybridized carbons (Fsp3) is 0.0571. The number of carbonyl (C=O) groups is 1. The number of aliphatic hydroxyl groups excluding tert-OH is 1. The van der Waals surface area contributed by atoms with Crippen LogP contribution >= 0.6 is 0 Å². The van der Waals surface area contributed by atoms with Crippen molar-refractivity contribution in [2.75, 3.05) is 4.90 Å². The standard InChI is InChI=1S/C35H29NO4/c1-4-34(37)39-32-19-12-27(13-20-32)26-9-14-29(15-10-26)36(31-16-11-25-7-5-6-8-28(25)23-31)30-17-21-33(22-18-30)40-35(38)24(2)3/h4-23,35,38H,1-2H2,3H3. The van der Waals surface area contributed by atoms with Gasteiger partial charge < -0.3 is 19.5 Å². The van der Waals surface area contributed by atoms with E-state index >= 15 is 0 Å². The SMILES string of the molecule is C=CC(=O)Oc1ccc(-c2ccc(N(c3ccc(OC(O)C(=C)C)cc3)c3ccc4ccccc4c3)cc2)cc1. The molecular formula is C35H29NO4.